The molecule has 1 N–H and O–H groups in total. The maximum absolute atomic E-state index is 3.85. The van der Waals surface area contributed by atoms with Crippen LogP contribution in [0.2, 0.25) is 0 Å². The standard InChI is InChI=1S/C17H31N3/c1-2-14-11-18-17(13-5-6-13)12-20(14)16-7-9-19-8-3-4-15(19)10-16/h13-18H,2-12H2,1H3. The van der Waals surface area contributed by atoms with Crippen molar-refractivity contribution < 1.29 is 0 Å². The number of fused-ring (bicyclic) bond motifs is 1. The van der Waals surface area contributed by atoms with E-state index in [9.17, 15) is 0 Å². The molecule has 4 atom stereocenters. The van der Waals surface area contributed by atoms with E-state index in [1.54, 1.807) is 0 Å². The van der Waals surface area contributed by atoms with Crippen LogP contribution < -0.4 is 5.32 Å². The van der Waals surface area contributed by atoms with Gasteiger partial charge in [-0.3, -0.25) is 4.90 Å². The molecule has 3 heteroatoms. The van der Waals surface area contributed by atoms with E-state index in [1.165, 1.54) is 71.1 Å². The highest BCUT2D eigenvalue weighted by Crippen LogP contribution is 2.37. The lowest BCUT2D eigenvalue weighted by Crippen LogP contribution is -2.61. The summed E-state index contributed by atoms with van der Waals surface area (Å²) >= 11 is 0. The molecule has 0 bridgehead atoms. The number of rotatable bonds is 3. The van der Waals surface area contributed by atoms with Gasteiger partial charge in [0.25, 0.3) is 0 Å². The number of nitrogens with one attached hydrogen (secondary N) is 1. The van der Waals surface area contributed by atoms with Crippen LogP contribution in [0, 0.1) is 5.92 Å². The Morgan fingerprint density at radius 2 is 1.95 bits per heavy atom. The van der Waals surface area contributed by atoms with Gasteiger partial charge in [0.15, 0.2) is 0 Å². The van der Waals surface area contributed by atoms with Crippen LogP contribution in [0.15, 0.2) is 0 Å². The molecule has 4 unspecified atom stereocenters. The van der Waals surface area contributed by atoms with Crippen molar-refractivity contribution in [2.75, 3.05) is 26.2 Å². The van der Waals surface area contributed by atoms with E-state index in [2.05, 4.69) is 22.0 Å². The van der Waals surface area contributed by atoms with E-state index in [-0.39, 0.29) is 0 Å². The zero-order valence-electron chi connectivity index (χ0n) is 13.1. The Balaban J connectivity index is 1.43. The first-order valence-electron chi connectivity index (χ1n) is 9.08. The maximum atomic E-state index is 3.85. The summed E-state index contributed by atoms with van der Waals surface area (Å²) in [5, 5.41) is 3.85. The van der Waals surface area contributed by atoms with Gasteiger partial charge in [-0.1, -0.05) is 6.92 Å². The predicted octanol–water partition coefficient (Wildman–Crippen LogP) is 2.08. The molecule has 0 aromatic rings. The lowest BCUT2D eigenvalue weighted by Gasteiger charge is -2.48. The minimum absolute atomic E-state index is 0.794. The fourth-order valence-electron chi connectivity index (χ4n) is 4.99. The Morgan fingerprint density at radius 1 is 1.05 bits per heavy atom. The summed E-state index contributed by atoms with van der Waals surface area (Å²) in [6.45, 7) is 7.69. The van der Waals surface area contributed by atoms with Crippen LogP contribution in [0.25, 0.3) is 0 Å². The fraction of sp³-hybridized carbons (Fsp3) is 1.00. The Bertz CT molecular complexity index is 341. The van der Waals surface area contributed by atoms with Crippen molar-refractivity contribution in [3.63, 3.8) is 0 Å². The van der Waals surface area contributed by atoms with Crippen LogP contribution in [-0.4, -0.2) is 60.1 Å². The molecule has 0 radical (unpaired) electrons. The lowest BCUT2D eigenvalue weighted by atomic mass is 9.92. The highest BCUT2D eigenvalue weighted by Gasteiger charge is 2.41. The molecule has 114 valence electrons. The number of nitrogens with zero attached hydrogens (tertiary/aromatic N) is 2. The second-order valence-electron chi connectivity index (χ2n) is 7.62. The molecule has 3 heterocycles. The van der Waals surface area contributed by atoms with Gasteiger partial charge in [-0.25, -0.2) is 0 Å². The highest BCUT2D eigenvalue weighted by molar-refractivity contribution is 4.99. The van der Waals surface area contributed by atoms with E-state index < -0.39 is 0 Å². The van der Waals surface area contributed by atoms with Crippen LogP contribution in [0.5, 0.6) is 0 Å². The molecule has 3 nitrogen and oxygen atoms in total. The Kier molecular flexibility index (Phi) is 3.78. The van der Waals surface area contributed by atoms with E-state index in [1.807, 2.05) is 0 Å². The summed E-state index contributed by atoms with van der Waals surface area (Å²) in [5.74, 6) is 1.00. The quantitative estimate of drug-likeness (QED) is 0.852. The molecule has 1 saturated carbocycles. The third-order valence-electron chi connectivity index (χ3n) is 6.42. The lowest BCUT2D eigenvalue weighted by molar-refractivity contribution is 0.0260. The van der Waals surface area contributed by atoms with E-state index >= 15 is 0 Å². The summed E-state index contributed by atoms with van der Waals surface area (Å²) in [6.07, 6.45) is 10.0. The normalized spacial score (nSPS) is 43.6. The second kappa shape index (κ2) is 5.58. The van der Waals surface area contributed by atoms with Gasteiger partial charge in [0, 0.05) is 37.3 Å². The van der Waals surface area contributed by atoms with Crippen LogP contribution >= 0.6 is 0 Å². The fourth-order valence-corrected chi connectivity index (χ4v) is 4.99. The first-order chi connectivity index (χ1) is 9.85. The number of hydrogen-bond acceptors (Lipinski definition) is 3. The molecule has 0 amide bonds. The van der Waals surface area contributed by atoms with Gasteiger partial charge >= 0.3 is 0 Å². The Labute approximate surface area is 124 Å². The van der Waals surface area contributed by atoms with Crippen molar-refractivity contribution in [1.29, 1.82) is 0 Å². The largest absolute Gasteiger partial charge is 0.311 e. The molecule has 3 saturated heterocycles. The average Bonchev–Trinajstić information content (AvgIpc) is 3.24. The minimum Gasteiger partial charge on any atom is -0.311 e. The molecule has 3 aliphatic heterocycles. The number of hydrogen-bond donors (Lipinski definition) is 1. The molecule has 0 aromatic heterocycles. The Hall–Kier alpha value is -0.120. The zero-order chi connectivity index (χ0) is 13.5. The third kappa shape index (κ3) is 2.53. The smallest absolute Gasteiger partial charge is 0.0224 e. The van der Waals surface area contributed by atoms with Gasteiger partial charge in [0.05, 0.1) is 0 Å². The maximum Gasteiger partial charge on any atom is 0.0224 e. The van der Waals surface area contributed by atoms with Crippen LogP contribution in [0.3, 0.4) is 0 Å². The van der Waals surface area contributed by atoms with Crippen molar-refractivity contribution in [1.82, 2.24) is 15.1 Å². The van der Waals surface area contributed by atoms with E-state index in [0.717, 1.165) is 30.1 Å². The van der Waals surface area contributed by atoms with Crippen molar-refractivity contribution in [3.05, 3.63) is 0 Å². The van der Waals surface area contributed by atoms with Gasteiger partial charge in [-0.15, -0.1) is 0 Å². The van der Waals surface area contributed by atoms with Crippen molar-refractivity contribution in [2.45, 2.75) is 76.0 Å². The van der Waals surface area contributed by atoms with Gasteiger partial charge in [-0.05, 0) is 64.0 Å². The molecule has 4 rings (SSSR count). The summed E-state index contributed by atoms with van der Waals surface area (Å²) in [4.78, 5) is 5.69. The highest BCUT2D eigenvalue weighted by atomic mass is 15.3. The number of piperazine rings is 1. The van der Waals surface area contributed by atoms with E-state index in [0.29, 0.717) is 0 Å². The van der Waals surface area contributed by atoms with E-state index in [4.69, 9.17) is 0 Å². The second-order valence-corrected chi connectivity index (χ2v) is 7.62. The zero-order valence-corrected chi connectivity index (χ0v) is 13.1. The molecule has 1 aliphatic carbocycles. The third-order valence-corrected chi connectivity index (χ3v) is 6.42. The van der Waals surface area contributed by atoms with Gasteiger partial charge in [0.1, 0.15) is 0 Å². The summed E-state index contributed by atoms with van der Waals surface area (Å²) in [7, 11) is 0. The molecule has 20 heavy (non-hydrogen) atoms. The molecular formula is C17H31N3. The van der Waals surface area contributed by atoms with Gasteiger partial charge in [-0.2, -0.15) is 0 Å². The van der Waals surface area contributed by atoms with Crippen molar-refractivity contribution in [2.24, 2.45) is 5.92 Å². The Morgan fingerprint density at radius 3 is 2.75 bits per heavy atom. The molecule has 0 aromatic carbocycles. The molecule has 4 aliphatic rings. The molecule has 4 fully saturated rings. The van der Waals surface area contributed by atoms with Crippen molar-refractivity contribution in [3.8, 4) is 0 Å². The first kappa shape index (κ1) is 13.5. The van der Waals surface area contributed by atoms with Crippen LogP contribution in [-0.2, 0) is 0 Å². The summed E-state index contributed by atoms with van der Waals surface area (Å²) in [5.41, 5.74) is 0. The SMILES string of the molecule is CCC1CNC(C2CC2)CN1C1CCN2CCCC2C1. The van der Waals surface area contributed by atoms with Gasteiger partial charge in [0.2, 0.25) is 0 Å². The predicted molar refractivity (Wildman–Crippen MR) is 82.9 cm³/mol. The summed E-state index contributed by atoms with van der Waals surface area (Å²) < 4.78 is 0. The average molecular weight is 277 g/mol. The number of piperidine rings is 1. The topological polar surface area (TPSA) is 18.5 Å². The minimum atomic E-state index is 0.794. The van der Waals surface area contributed by atoms with Crippen molar-refractivity contribution >= 4 is 0 Å². The first-order valence-corrected chi connectivity index (χ1v) is 9.08. The molecular weight excluding hydrogens is 246 g/mol. The van der Waals surface area contributed by atoms with Crippen LogP contribution in [0.1, 0.15) is 51.9 Å². The monoisotopic (exact) mass is 277 g/mol. The van der Waals surface area contributed by atoms with Crippen LogP contribution in [0.4, 0.5) is 0 Å². The summed E-state index contributed by atoms with van der Waals surface area (Å²) in [6, 6.07) is 3.39. The molecule has 0 spiro atoms. The van der Waals surface area contributed by atoms with Gasteiger partial charge < -0.3 is 10.2 Å².